The lowest BCUT2D eigenvalue weighted by molar-refractivity contribution is -0.125. The molecule has 3 atom stereocenters. The molecule has 1 saturated carbocycles. The van der Waals surface area contributed by atoms with Crippen molar-refractivity contribution in [1.82, 2.24) is 25.0 Å². The monoisotopic (exact) mass is 415 g/mol. The van der Waals surface area contributed by atoms with Crippen LogP contribution in [0, 0.1) is 5.92 Å². The van der Waals surface area contributed by atoms with Gasteiger partial charge in [0.1, 0.15) is 12.4 Å². The summed E-state index contributed by atoms with van der Waals surface area (Å²) < 4.78 is 1.89. The predicted molar refractivity (Wildman–Crippen MR) is 109 cm³/mol. The lowest BCUT2D eigenvalue weighted by Crippen LogP contribution is -2.49. The Hall–Kier alpha value is -2.41. The molecule has 1 aliphatic heterocycles. The molecule has 0 unspecified atom stereocenters. The van der Waals surface area contributed by atoms with E-state index in [-0.39, 0.29) is 17.9 Å². The van der Waals surface area contributed by atoms with Crippen molar-refractivity contribution >= 4 is 23.4 Å². The van der Waals surface area contributed by atoms with E-state index in [9.17, 15) is 9.59 Å². The highest BCUT2D eigenvalue weighted by atomic mass is 35.5. The van der Waals surface area contributed by atoms with Gasteiger partial charge in [0.25, 0.3) is 5.91 Å². The molecule has 2 heterocycles. The van der Waals surface area contributed by atoms with Gasteiger partial charge < -0.3 is 14.8 Å². The van der Waals surface area contributed by atoms with Crippen LogP contribution in [-0.2, 0) is 17.9 Å². The van der Waals surface area contributed by atoms with Gasteiger partial charge >= 0.3 is 0 Å². The number of rotatable bonds is 5. The molecule has 1 aliphatic carbocycles. The summed E-state index contributed by atoms with van der Waals surface area (Å²) >= 11 is 6.10. The molecule has 154 valence electrons. The summed E-state index contributed by atoms with van der Waals surface area (Å²) in [5.74, 6) is 0.852. The number of likely N-dealkylation sites (tertiary alicyclic amines) is 1. The van der Waals surface area contributed by atoms with Crippen LogP contribution in [-0.4, -0.2) is 43.6 Å². The summed E-state index contributed by atoms with van der Waals surface area (Å²) in [7, 11) is 0. The van der Waals surface area contributed by atoms with Crippen LogP contribution in [0.1, 0.15) is 55.2 Å². The number of benzene rings is 1. The number of nitrogens with one attached hydrogen (secondary N) is 1. The number of aromatic nitrogens is 3. The van der Waals surface area contributed by atoms with Gasteiger partial charge in [-0.2, -0.15) is 0 Å². The van der Waals surface area contributed by atoms with E-state index in [2.05, 4.69) is 15.5 Å². The van der Waals surface area contributed by atoms with Gasteiger partial charge in [-0.25, -0.2) is 0 Å². The summed E-state index contributed by atoms with van der Waals surface area (Å²) in [4.78, 5) is 28.3. The van der Waals surface area contributed by atoms with Gasteiger partial charge in [0.2, 0.25) is 5.91 Å². The van der Waals surface area contributed by atoms with E-state index in [1.807, 2.05) is 16.4 Å². The Labute approximate surface area is 175 Å². The number of aryl methyl sites for hydroxylation is 1. The van der Waals surface area contributed by atoms with Gasteiger partial charge in [-0.1, -0.05) is 30.5 Å². The second-order valence-corrected chi connectivity index (χ2v) is 8.27. The van der Waals surface area contributed by atoms with E-state index >= 15 is 0 Å². The molecule has 2 amide bonds. The molecule has 4 rings (SSSR count). The van der Waals surface area contributed by atoms with Crippen molar-refractivity contribution in [1.29, 1.82) is 0 Å². The molecule has 2 fully saturated rings. The van der Waals surface area contributed by atoms with Crippen LogP contribution in [0.2, 0.25) is 5.02 Å². The van der Waals surface area contributed by atoms with Gasteiger partial charge in [0, 0.05) is 23.2 Å². The second-order valence-electron chi connectivity index (χ2n) is 7.84. The van der Waals surface area contributed by atoms with Gasteiger partial charge in [0.15, 0.2) is 5.82 Å². The van der Waals surface area contributed by atoms with E-state index in [1.54, 1.807) is 30.6 Å². The van der Waals surface area contributed by atoms with Crippen LogP contribution >= 0.6 is 11.6 Å². The van der Waals surface area contributed by atoms with E-state index in [1.165, 1.54) is 0 Å². The largest absolute Gasteiger partial charge is 0.347 e. The molecular weight excluding hydrogens is 390 g/mol. The Morgan fingerprint density at radius 1 is 1.28 bits per heavy atom. The summed E-state index contributed by atoms with van der Waals surface area (Å²) in [6, 6.07) is 6.62. The van der Waals surface area contributed by atoms with Crippen LogP contribution in [0.5, 0.6) is 0 Å². The third kappa shape index (κ3) is 4.01. The third-order valence-corrected chi connectivity index (χ3v) is 6.39. The quantitative estimate of drug-likeness (QED) is 0.813. The standard InChI is InChI=1S/C21H26ClN5O2/c1-2-26-13-24-25-19(26)12-23-20(28)18-11-14-6-3-4-9-17(14)27(18)21(29)15-7-5-8-16(22)10-15/h5,7-8,10,13-14,17-18H,2-4,6,9,11-12H2,1H3,(H,23,28)/t14-,17-,18-/m0/s1. The first kappa shape index (κ1) is 19.9. The first-order valence-electron chi connectivity index (χ1n) is 10.3. The minimum absolute atomic E-state index is 0.112. The fourth-order valence-corrected chi connectivity index (χ4v) is 4.91. The number of hydrogen-bond donors (Lipinski definition) is 1. The topological polar surface area (TPSA) is 80.1 Å². The lowest BCUT2D eigenvalue weighted by Gasteiger charge is -2.33. The molecule has 1 saturated heterocycles. The Kier molecular flexibility index (Phi) is 5.85. The first-order valence-corrected chi connectivity index (χ1v) is 10.7. The summed E-state index contributed by atoms with van der Waals surface area (Å²) in [6.45, 7) is 3.05. The number of carbonyl (C=O) groups is 2. The number of hydrogen-bond acceptors (Lipinski definition) is 4. The Morgan fingerprint density at radius 2 is 2.10 bits per heavy atom. The molecule has 7 nitrogen and oxygen atoms in total. The highest BCUT2D eigenvalue weighted by molar-refractivity contribution is 6.31. The van der Waals surface area contributed by atoms with Gasteiger partial charge in [-0.05, 0) is 50.3 Å². The van der Waals surface area contributed by atoms with E-state index in [0.717, 1.165) is 32.2 Å². The number of amides is 2. The fourth-order valence-electron chi connectivity index (χ4n) is 4.72. The molecule has 1 N–H and O–H groups in total. The van der Waals surface area contributed by atoms with Crippen LogP contribution in [0.15, 0.2) is 30.6 Å². The van der Waals surface area contributed by atoms with Crippen molar-refractivity contribution in [2.24, 2.45) is 5.92 Å². The Balaban J connectivity index is 1.54. The van der Waals surface area contributed by atoms with E-state index in [0.29, 0.717) is 35.3 Å². The molecule has 0 bridgehead atoms. The average molecular weight is 416 g/mol. The molecule has 0 spiro atoms. The van der Waals surface area contributed by atoms with Gasteiger partial charge in [-0.3, -0.25) is 9.59 Å². The normalized spacial score (nSPS) is 23.7. The molecule has 2 aromatic rings. The summed E-state index contributed by atoms with van der Waals surface area (Å²) in [5, 5.41) is 11.5. The van der Waals surface area contributed by atoms with Crippen molar-refractivity contribution < 1.29 is 9.59 Å². The summed E-state index contributed by atoms with van der Waals surface area (Å²) in [5.41, 5.74) is 0.534. The maximum atomic E-state index is 13.4. The SMILES string of the molecule is CCn1cnnc1CNC(=O)[C@@H]1C[C@@H]2CCCC[C@@H]2N1C(=O)c1cccc(Cl)c1. The highest BCUT2D eigenvalue weighted by Crippen LogP contribution is 2.40. The average Bonchev–Trinajstić information content (AvgIpc) is 3.35. The zero-order chi connectivity index (χ0) is 20.4. The molecule has 2 aliphatic rings. The zero-order valence-corrected chi connectivity index (χ0v) is 17.3. The van der Waals surface area contributed by atoms with E-state index < -0.39 is 6.04 Å². The first-order chi connectivity index (χ1) is 14.1. The van der Waals surface area contributed by atoms with E-state index in [4.69, 9.17) is 11.6 Å². The number of nitrogens with zero attached hydrogens (tertiary/aromatic N) is 4. The van der Waals surface area contributed by atoms with Crippen molar-refractivity contribution in [3.05, 3.63) is 47.0 Å². The Bertz CT molecular complexity index is 899. The molecule has 1 aromatic heterocycles. The van der Waals surface area contributed by atoms with Crippen LogP contribution in [0.4, 0.5) is 0 Å². The van der Waals surface area contributed by atoms with Crippen LogP contribution < -0.4 is 5.32 Å². The highest BCUT2D eigenvalue weighted by Gasteiger charge is 2.47. The maximum absolute atomic E-state index is 13.4. The van der Waals surface area contributed by atoms with Crippen LogP contribution in [0.3, 0.4) is 0 Å². The zero-order valence-electron chi connectivity index (χ0n) is 16.6. The molecular formula is C21H26ClN5O2. The number of halogens is 1. The molecule has 0 radical (unpaired) electrons. The lowest BCUT2D eigenvalue weighted by atomic mass is 9.84. The van der Waals surface area contributed by atoms with Gasteiger partial charge in [0.05, 0.1) is 6.54 Å². The number of fused-ring (bicyclic) bond motifs is 1. The van der Waals surface area contributed by atoms with Gasteiger partial charge in [-0.15, -0.1) is 10.2 Å². The third-order valence-electron chi connectivity index (χ3n) is 6.15. The second kappa shape index (κ2) is 8.53. The van der Waals surface area contributed by atoms with Crippen LogP contribution in [0.25, 0.3) is 0 Å². The Morgan fingerprint density at radius 3 is 2.90 bits per heavy atom. The van der Waals surface area contributed by atoms with Crippen molar-refractivity contribution in [3.63, 3.8) is 0 Å². The van der Waals surface area contributed by atoms with Crippen molar-refractivity contribution in [2.75, 3.05) is 0 Å². The smallest absolute Gasteiger partial charge is 0.254 e. The van der Waals surface area contributed by atoms with Crippen molar-refractivity contribution in [3.8, 4) is 0 Å². The maximum Gasteiger partial charge on any atom is 0.254 e. The number of carbonyl (C=O) groups excluding carboxylic acids is 2. The minimum Gasteiger partial charge on any atom is -0.347 e. The molecule has 8 heteroatoms. The molecule has 29 heavy (non-hydrogen) atoms. The fraction of sp³-hybridized carbons (Fsp3) is 0.524. The predicted octanol–water partition coefficient (Wildman–Crippen LogP) is 3.04. The summed E-state index contributed by atoms with van der Waals surface area (Å²) in [6.07, 6.45) is 6.63. The molecule has 1 aromatic carbocycles. The van der Waals surface area contributed by atoms with Crippen molar-refractivity contribution in [2.45, 2.75) is 64.2 Å². The minimum atomic E-state index is -0.465.